The lowest BCUT2D eigenvalue weighted by molar-refractivity contribution is -0.134. The van der Waals surface area contributed by atoms with E-state index < -0.39 is 6.04 Å². The van der Waals surface area contributed by atoms with Crippen LogP contribution < -0.4 is 5.32 Å². The minimum absolute atomic E-state index is 0.164. The summed E-state index contributed by atoms with van der Waals surface area (Å²) in [6.45, 7) is 2.92. The summed E-state index contributed by atoms with van der Waals surface area (Å²) in [5.41, 5.74) is 0.790. The molecule has 0 spiro atoms. The average Bonchev–Trinajstić information content (AvgIpc) is 3.13. The first kappa shape index (κ1) is 18.1. The fraction of sp³-hybridized carbons (Fsp3) is 0.353. The van der Waals surface area contributed by atoms with Gasteiger partial charge in [-0.15, -0.1) is 11.3 Å². The largest absolute Gasteiger partial charge is 0.383 e. The van der Waals surface area contributed by atoms with Crippen molar-refractivity contribution in [2.24, 2.45) is 0 Å². The van der Waals surface area contributed by atoms with Gasteiger partial charge in [0.05, 0.1) is 23.7 Å². The van der Waals surface area contributed by atoms with Gasteiger partial charge in [-0.05, 0) is 30.5 Å². The van der Waals surface area contributed by atoms with Crippen LogP contribution >= 0.6 is 11.3 Å². The number of hydrogen-bond donors (Lipinski definition) is 1. The van der Waals surface area contributed by atoms with E-state index in [1.165, 1.54) is 11.3 Å². The Morgan fingerprint density at radius 3 is 2.79 bits per heavy atom. The summed E-state index contributed by atoms with van der Waals surface area (Å²) < 4.78 is 5.08. The highest BCUT2D eigenvalue weighted by molar-refractivity contribution is 7.12. The van der Waals surface area contributed by atoms with Crippen LogP contribution in [0.2, 0.25) is 0 Å². The van der Waals surface area contributed by atoms with Crippen molar-refractivity contribution in [1.29, 1.82) is 0 Å². The number of nitrogens with zero attached hydrogens (tertiary/aromatic N) is 2. The van der Waals surface area contributed by atoms with Crippen LogP contribution in [0.15, 0.2) is 41.9 Å². The topological polar surface area (TPSA) is 71.5 Å². The third kappa shape index (κ3) is 5.14. The molecule has 2 heterocycles. The van der Waals surface area contributed by atoms with E-state index in [4.69, 9.17) is 4.74 Å². The molecule has 0 bridgehead atoms. The second-order valence-corrected chi connectivity index (χ2v) is 6.19. The van der Waals surface area contributed by atoms with Crippen molar-refractivity contribution in [3.63, 3.8) is 0 Å². The Kier molecular flexibility index (Phi) is 6.89. The van der Waals surface area contributed by atoms with Gasteiger partial charge in [0, 0.05) is 19.9 Å². The second kappa shape index (κ2) is 9.14. The quantitative estimate of drug-likeness (QED) is 0.792. The zero-order valence-electron chi connectivity index (χ0n) is 13.8. The number of rotatable bonds is 8. The highest BCUT2D eigenvalue weighted by Crippen LogP contribution is 2.09. The molecule has 0 aromatic carbocycles. The standard InChI is InChI=1S/C17H21N3O3S/c1-13(19-16(21)15-7-5-11-24-15)17(22)20(9-10-23-2)12-14-6-3-4-8-18-14/h3-8,11,13H,9-10,12H2,1-2H3,(H,19,21). The van der Waals surface area contributed by atoms with Crippen LogP contribution in [-0.4, -0.2) is 48.0 Å². The van der Waals surface area contributed by atoms with Crippen molar-refractivity contribution in [3.05, 3.63) is 52.5 Å². The molecule has 2 rings (SSSR count). The maximum absolute atomic E-state index is 12.7. The molecule has 2 aromatic rings. The van der Waals surface area contributed by atoms with Gasteiger partial charge < -0.3 is 15.0 Å². The average molecular weight is 347 g/mol. The molecular formula is C17H21N3O3S. The van der Waals surface area contributed by atoms with Crippen molar-refractivity contribution >= 4 is 23.2 Å². The van der Waals surface area contributed by atoms with Gasteiger partial charge in [-0.2, -0.15) is 0 Å². The van der Waals surface area contributed by atoms with E-state index in [0.717, 1.165) is 5.69 Å². The molecule has 24 heavy (non-hydrogen) atoms. The van der Waals surface area contributed by atoms with E-state index in [9.17, 15) is 9.59 Å². The molecule has 2 amide bonds. The van der Waals surface area contributed by atoms with Gasteiger partial charge in [0.15, 0.2) is 0 Å². The lowest BCUT2D eigenvalue weighted by atomic mass is 10.2. The van der Waals surface area contributed by atoms with Gasteiger partial charge >= 0.3 is 0 Å². The van der Waals surface area contributed by atoms with E-state index in [1.54, 1.807) is 37.3 Å². The van der Waals surface area contributed by atoms with Crippen LogP contribution in [0.4, 0.5) is 0 Å². The highest BCUT2D eigenvalue weighted by atomic mass is 32.1. The van der Waals surface area contributed by atoms with Crippen molar-refractivity contribution in [2.75, 3.05) is 20.3 Å². The van der Waals surface area contributed by atoms with Gasteiger partial charge in [-0.3, -0.25) is 14.6 Å². The summed E-state index contributed by atoms with van der Waals surface area (Å²) in [5, 5.41) is 4.57. The molecule has 0 aliphatic rings. The summed E-state index contributed by atoms with van der Waals surface area (Å²) in [4.78, 5) is 31.3. The Morgan fingerprint density at radius 1 is 1.33 bits per heavy atom. The smallest absolute Gasteiger partial charge is 0.261 e. The lowest BCUT2D eigenvalue weighted by Crippen LogP contribution is -2.47. The number of thiophene rings is 1. The molecule has 1 atom stereocenters. The van der Waals surface area contributed by atoms with Gasteiger partial charge in [-0.25, -0.2) is 0 Å². The second-order valence-electron chi connectivity index (χ2n) is 5.25. The zero-order chi connectivity index (χ0) is 17.4. The van der Waals surface area contributed by atoms with Crippen LogP contribution in [-0.2, 0) is 16.1 Å². The van der Waals surface area contributed by atoms with Crippen LogP contribution in [0.25, 0.3) is 0 Å². The number of methoxy groups -OCH3 is 1. The predicted octanol–water partition coefficient (Wildman–Crippen LogP) is 1.94. The molecule has 7 heteroatoms. The number of ether oxygens (including phenoxy) is 1. The van der Waals surface area contributed by atoms with E-state index >= 15 is 0 Å². The molecular weight excluding hydrogens is 326 g/mol. The first-order valence-corrected chi connectivity index (χ1v) is 8.51. The monoisotopic (exact) mass is 347 g/mol. The molecule has 1 unspecified atom stereocenters. The Morgan fingerprint density at radius 2 is 2.17 bits per heavy atom. The number of aromatic nitrogens is 1. The summed E-state index contributed by atoms with van der Waals surface area (Å²) >= 11 is 1.34. The number of amides is 2. The van der Waals surface area contributed by atoms with Gasteiger partial charge in [0.2, 0.25) is 5.91 Å². The third-order valence-electron chi connectivity index (χ3n) is 3.42. The van der Waals surface area contributed by atoms with Gasteiger partial charge in [0.25, 0.3) is 5.91 Å². The Bertz CT molecular complexity index is 646. The highest BCUT2D eigenvalue weighted by Gasteiger charge is 2.23. The van der Waals surface area contributed by atoms with Crippen LogP contribution in [0.5, 0.6) is 0 Å². The van der Waals surface area contributed by atoms with E-state index in [2.05, 4.69) is 10.3 Å². The Labute approximate surface area is 145 Å². The van der Waals surface area contributed by atoms with E-state index in [1.807, 2.05) is 23.6 Å². The van der Waals surface area contributed by atoms with Gasteiger partial charge in [-0.1, -0.05) is 12.1 Å². The van der Waals surface area contributed by atoms with E-state index in [-0.39, 0.29) is 11.8 Å². The molecule has 0 saturated carbocycles. The van der Waals surface area contributed by atoms with Crippen LogP contribution in [0.3, 0.4) is 0 Å². The lowest BCUT2D eigenvalue weighted by Gasteiger charge is -2.25. The first-order chi connectivity index (χ1) is 11.6. The van der Waals surface area contributed by atoms with Crippen LogP contribution in [0, 0.1) is 0 Å². The summed E-state index contributed by atoms with van der Waals surface area (Å²) in [5.74, 6) is -0.405. The summed E-state index contributed by atoms with van der Waals surface area (Å²) in [6.07, 6.45) is 1.69. The molecule has 0 aliphatic carbocycles. The minimum Gasteiger partial charge on any atom is -0.383 e. The summed E-state index contributed by atoms with van der Waals surface area (Å²) in [7, 11) is 1.59. The van der Waals surface area contributed by atoms with Crippen molar-refractivity contribution in [2.45, 2.75) is 19.5 Å². The molecule has 0 fully saturated rings. The third-order valence-corrected chi connectivity index (χ3v) is 4.29. The number of nitrogens with one attached hydrogen (secondary N) is 1. The fourth-order valence-corrected chi connectivity index (χ4v) is 2.79. The maximum atomic E-state index is 12.7. The Hall–Kier alpha value is -2.25. The fourth-order valence-electron chi connectivity index (χ4n) is 2.17. The zero-order valence-corrected chi connectivity index (χ0v) is 14.6. The molecule has 1 N–H and O–H groups in total. The number of hydrogen-bond acceptors (Lipinski definition) is 5. The predicted molar refractivity (Wildman–Crippen MR) is 92.8 cm³/mol. The number of carbonyl (C=O) groups excluding carboxylic acids is 2. The van der Waals surface area contributed by atoms with Crippen molar-refractivity contribution in [1.82, 2.24) is 15.2 Å². The Balaban J connectivity index is 2.01. The maximum Gasteiger partial charge on any atom is 0.261 e. The van der Waals surface area contributed by atoms with Crippen molar-refractivity contribution < 1.29 is 14.3 Å². The number of pyridine rings is 1. The molecule has 128 valence electrons. The normalized spacial score (nSPS) is 11.8. The minimum atomic E-state index is -0.625. The molecule has 2 aromatic heterocycles. The van der Waals surface area contributed by atoms with Crippen LogP contribution in [0.1, 0.15) is 22.3 Å². The summed E-state index contributed by atoms with van der Waals surface area (Å²) in [6, 6.07) is 8.48. The van der Waals surface area contributed by atoms with Crippen molar-refractivity contribution in [3.8, 4) is 0 Å². The first-order valence-electron chi connectivity index (χ1n) is 7.64. The van der Waals surface area contributed by atoms with Gasteiger partial charge in [0.1, 0.15) is 6.04 Å². The molecule has 0 aliphatic heterocycles. The van der Waals surface area contributed by atoms with E-state index in [0.29, 0.717) is 24.6 Å². The molecule has 0 radical (unpaired) electrons. The molecule has 0 saturated heterocycles. The number of carbonyl (C=O) groups is 2. The SMILES string of the molecule is COCCN(Cc1ccccn1)C(=O)C(C)NC(=O)c1cccs1. The molecule has 6 nitrogen and oxygen atoms in total.